The van der Waals surface area contributed by atoms with Gasteiger partial charge in [-0.05, 0) is 67.9 Å². The van der Waals surface area contributed by atoms with E-state index >= 15 is 0 Å². The van der Waals surface area contributed by atoms with Crippen molar-refractivity contribution in [2.24, 2.45) is 0 Å². The number of halogens is 2. The Morgan fingerprint density at radius 1 is 1.00 bits per heavy atom. The highest BCUT2D eigenvalue weighted by molar-refractivity contribution is 8.00. The number of aromatic nitrogens is 2. The molecule has 2 heterocycles. The first kappa shape index (κ1) is 28.5. The predicted octanol–water partition coefficient (Wildman–Crippen LogP) is 7.30. The third-order valence-electron chi connectivity index (χ3n) is 6.16. The molecule has 1 fully saturated rings. The maximum absolute atomic E-state index is 13.0. The number of carbonyl (C=O) groups excluding carboxylic acids is 1. The first-order chi connectivity index (χ1) is 19.2. The van der Waals surface area contributed by atoms with E-state index in [0.717, 1.165) is 45.6 Å². The predicted molar refractivity (Wildman–Crippen MR) is 164 cm³/mol. The third-order valence-corrected chi connectivity index (χ3v) is 7.58. The van der Waals surface area contributed by atoms with Gasteiger partial charge in [0.05, 0.1) is 18.9 Å². The molecule has 10 heteroatoms. The summed E-state index contributed by atoms with van der Waals surface area (Å²) in [6.45, 7) is 8.50. The van der Waals surface area contributed by atoms with Crippen LogP contribution in [-0.2, 0) is 14.3 Å². The van der Waals surface area contributed by atoms with Crippen LogP contribution in [0, 0.1) is 0 Å². The first-order valence-electron chi connectivity index (χ1n) is 13.0. The van der Waals surface area contributed by atoms with E-state index in [4.69, 9.17) is 32.7 Å². The Kier molecular flexibility index (Phi) is 8.71. The maximum Gasteiger partial charge on any atom is 0.327 e. The van der Waals surface area contributed by atoms with Crippen molar-refractivity contribution < 1.29 is 14.3 Å². The number of hydrogen-bond donors (Lipinski definition) is 0. The molecule has 1 aromatic heterocycles. The van der Waals surface area contributed by atoms with E-state index in [1.807, 2.05) is 73.9 Å². The molecule has 0 saturated carbocycles. The lowest BCUT2D eigenvalue weighted by Gasteiger charge is -2.27. The van der Waals surface area contributed by atoms with Crippen LogP contribution in [0.2, 0.25) is 10.0 Å². The number of esters is 1. The van der Waals surface area contributed by atoms with Crippen LogP contribution in [0.1, 0.15) is 20.8 Å². The molecule has 0 N–H and O–H groups in total. The van der Waals surface area contributed by atoms with Gasteiger partial charge in [0.25, 0.3) is 0 Å². The van der Waals surface area contributed by atoms with Crippen molar-refractivity contribution >= 4 is 63.5 Å². The fraction of sp³-hybridized carbons (Fsp3) is 0.300. The Labute approximate surface area is 248 Å². The van der Waals surface area contributed by atoms with Gasteiger partial charge in [-0.2, -0.15) is 0 Å². The van der Waals surface area contributed by atoms with Crippen LogP contribution in [0.15, 0.2) is 71.9 Å². The zero-order chi connectivity index (χ0) is 28.3. The number of anilines is 2. The monoisotopic (exact) mass is 596 g/mol. The summed E-state index contributed by atoms with van der Waals surface area (Å²) in [4.78, 5) is 25.2. The molecule has 0 unspecified atom stereocenters. The summed E-state index contributed by atoms with van der Waals surface area (Å²) >= 11 is 14.0. The first-order valence-corrected chi connectivity index (χ1v) is 14.5. The molecule has 40 heavy (non-hydrogen) atoms. The number of carbonyl (C=O) groups is 1. The summed E-state index contributed by atoms with van der Waals surface area (Å²) in [6.07, 6.45) is 3.72. The van der Waals surface area contributed by atoms with E-state index < -0.39 is 5.60 Å². The van der Waals surface area contributed by atoms with Crippen LogP contribution < -0.4 is 9.21 Å². The normalized spacial score (nSPS) is 13.9. The van der Waals surface area contributed by atoms with Crippen LogP contribution in [0.5, 0.6) is 0 Å². The van der Waals surface area contributed by atoms with Gasteiger partial charge in [-0.3, -0.25) is 4.79 Å². The van der Waals surface area contributed by atoms with Crippen molar-refractivity contribution in [1.82, 2.24) is 9.97 Å². The Balaban J connectivity index is 1.52. The minimum absolute atomic E-state index is 0.0206. The summed E-state index contributed by atoms with van der Waals surface area (Å²) in [5.74, 6) is 0.362. The minimum Gasteiger partial charge on any atom is -0.459 e. The summed E-state index contributed by atoms with van der Waals surface area (Å²) in [5.41, 5.74) is 2.16. The van der Waals surface area contributed by atoms with Crippen molar-refractivity contribution in [2.75, 3.05) is 42.1 Å². The number of fused-ring (bicyclic) bond motifs is 1. The number of nitrogens with zero attached hydrogens (tertiary/aromatic N) is 4. The standard InChI is InChI=1S/C30H30Cl2N4O3S/c1-30(2,3)39-28(37)19-36(40-23-15-21(31)14-22(32)16-23)27-9-5-7-25-24(6-4-8-26(25)27)20-17-33-29(34-18-20)35-10-12-38-13-11-35/h4-9,14-18H,10-13,19H2,1-3H3. The topological polar surface area (TPSA) is 67.8 Å². The Morgan fingerprint density at radius 2 is 1.65 bits per heavy atom. The van der Waals surface area contributed by atoms with Gasteiger partial charge in [0.1, 0.15) is 12.1 Å². The van der Waals surface area contributed by atoms with Crippen LogP contribution in [-0.4, -0.2) is 54.4 Å². The minimum atomic E-state index is -0.605. The number of ether oxygens (including phenoxy) is 2. The van der Waals surface area contributed by atoms with Crippen LogP contribution in [0.25, 0.3) is 21.9 Å². The molecule has 1 aliphatic rings. The van der Waals surface area contributed by atoms with Crippen molar-refractivity contribution in [2.45, 2.75) is 31.3 Å². The number of morpholine rings is 1. The molecule has 5 rings (SSSR count). The van der Waals surface area contributed by atoms with Gasteiger partial charge >= 0.3 is 5.97 Å². The van der Waals surface area contributed by atoms with Crippen molar-refractivity contribution in [3.8, 4) is 11.1 Å². The summed E-state index contributed by atoms with van der Waals surface area (Å²) in [6, 6.07) is 17.5. The summed E-state index contributed by atoms with van der Waals surface area (Å²) in [5, 5.41) is 3.03. The van der Waals surface area contributed by atoms with Crippen LogP contribution in [0.4, 0.5) is 11.6 Å². The molecule has 4 aromatic rings. The molecule has 0 spiro atoms. The van der Waals surface area contributed by atoms with E-state index in [2.05, 4.69) is 27.0 Å². The fourth-order valence-electron chi connectivity index (χ4n) is 4.52. The lowest BCUT2D eigenvalue weighted by molar-refractivity contribution is -0.152. The van der Waals surface area contributed by atoms with E-state index in [0.29, 0.717) is 29.2 Å². The molecule has 0 bridgehead atoms. The second kappa shape index (κ2) is 12.2. The highest BCUT2D eigenvalue weighted by atomic mass is 35.5. The SMILES string of the molecule is CC(C)(C)OC(=O)CN(Sc1cc(Cl)cc(Cl)c1)c1cccc2c(-c3cnc(N4CCOCC4)nc3)cccc12. The summed E-state index contributed by atoms with van der Waals surface area (Å²) < 4.78 is 13.0. The van der Waals surface area contributed by atoms with Crippen molar-refractivity contribution in [1.29, 1.82) is 0 Å². The smallest absolute Gasteiger partial charge is 0.327 e. The van der Waals surface area contributed by atoms with E-state index in [-0.39, 0.29) is 12.5 Å². The molecule has 0 radical (unpaired) electrons. The van der Waals surface area contributed by atoms with Crippen molar-refractivity contribution in [3.05, 3.63) is 77.0 Å². The Hall–Kier alpha value is -3.04. The quantitative estimate of drug-likeness (QED) is 0.163. The van der Waals surface area contributed by atoms with Gasteiger partial charge < -0.3 is 18.7 Å². The largest absolute Gasteiger partial charge is 0.459 e. The highest BCUT2D eigenvalue weighted by Crippen LogP contribution is 2.39. The number of rotatable bonds is 7. The molecular weight excluding hydrogens is 567 g/mol. The highest BCUT2D eigenvalue weighted by Gasteiger charge is 2.22. The van der Waals surface area contributed by atoms with Crippen LogP contribution >= 0.6 is 35.1 Å². The molecule has 208 valence electrons. The second-order valence-corrected chi connectivity index (χ2v) is 12.3. The van der Waals surface area contributed by atoms with E-state index in [1.165, 1.54) is 11.9 Å². The Bertz CT molecular complexity index is 1490. The van der Waals surface area contributed by atoms with E-state index in [1.54, 1.807) is 6.07 Å². The van der Waals surface area contributed by atoms with Gasteiger partial charge in [0, 0.05) is 51.4 Å². The molecule has 1 saturated heterocycles. The third kappa shape index (κ3) is 6.99. The number of hydrogen-bond acceptors (Lipinski definition) is 8. The molecule has 7 nitrogen and oxygen atoms in total. The second-order valence-electron chi connectivity index (χ2n) is 10.4. The zero-order valence-electron chi connectivity index (χ0n) is 22.6. The molecule has 3 aromatic carbocycles. The maximum atomic E-state index is 13.0. The molecular formula is C30H30Cl2N4O3S. The number of benzene rings is 3. The van der Waals surface area contributed by atoms with Crippen LogP contribution in [0.3, 0.4) is 0 Å². The van der Waals surface area contributed by atoms with Gasteiger partial charge in [-0.25, -0.2) is 9.97 Å². The van der Waals surface area contributed by atoms with Crippen molar-refractivity contribution in [3.63, 3.8) is 0 Å². The zero-order valence-corrected chi connectivity index (χ0v) is 24.9. The molecule has 1 aliphatic heterocycles. The molecule has 0 atom stereocenters. The Morgan fingerprint density at radius 3 is 2.33 bits per heavy atom. The van der Waals surface area contributed by atoms with Gasteiger partial charge in [-0.1, -0.05) is 53.5 Å². The average molecular weight is 598 g/mol. The van der Waals surface area contributed by atoms with Gasteiger partial charge in [-0.15, -0.1) is 0 Å². The fourth-order valence-corrected chi connectivity index (χ4v) is 6.21. The molecule has 0 aliphatic carbocycles. The van der Waals surface area contributed by atoms with E-state index in [9.17, 15) is 4.79 Å². The lowest BCUT2D eigenvalue weighted by atomic mass is 9.99. The van der Waals surface area contributed by atoms with Gasteiger partial charge in [0.15, 0.2) is 0 Å². The average Bonchev–Trinajstić information content (AvgIpc) is 2.91. The lowest BCUT2D eigenvalue weighted by Crippen LogP contribution is -2.37. The summed E-state index contributed by atoms with van der Waals surface area (Å²) in [7, 11) is 0. The van der Waals surface area contributed by atoms with Gasteiger partial charge in [0.2, 0.25) is 5.95 Å². The molecule has 0 amide bonds.